The Morgan fingerprint density at radius 1 is 1.64 bits per heavy atom. The number of sulfonamides is 1. The highest BCUT2D eigenvalue weighted by molar-refractivity contribution is 7.88. The third-order valence-corrected chi connectivity index (χ3v) is 4.42. The Hall–Kier alpha value is -1.65. The Morgan fingerprint density at radius 3 is 3.14 bits per heavy atom. The molecule has 1 atom stereocenters. The van der Waals surface area contributed by atoms with Crippen molar-refractivity contribution in [2.45, 2.75) is 18.8 Å². The van der Waals surface area contributed by atoms with Crippen molar-refractivity contribution >= 4 is 16.0 Å². The lowest BCUT2D eigenvalue weighted by Crippen LogP contribution is -2.48. The molecule has 0 radical (unpaired) electrons. The molecule has 1 aromatic heterocycles. The van der Waals surface area contributed by atoms with Gasteiger partial charge in [-0.15, -0.1) is 0 Å². The third-order valence-electron chi connectivity index (χ3n) is 3.10. The van der Waals surface area contributed by atoms with E-state index in [0.29, 0.717) is 31.3 Å². The van der Waals surface area contributed by atoms with Crippen molar-refractivity contribution in [2.24, 2.45) is 10.7 Å². The lowest BCUT2D eigenvalue weighted by molar-refractivity contribution is 0.00530. The summed E-state index contributed by atoms with van der Waals surface area (Å²) < 4.78 is 36.0. The Balaban J connectivity index is 1.74. The number of guanidine groups is 1. The van der Waals surface area contributed by atoms with E-state index in [9.17, 15) is 8.42 Å². The van der Waals surface area contributed by atoms with Crippen LogP contribution < -0.4 is 10.5 Å². The zero-order chi connectivity index (χ0) is 16.0. The number of morpholine rings is 1. The first-order chi connectivity index (χ1) is 10.5. The fourth-order valence-corrected chi connectivity index (χ4v) is 3.10. The van der Waals surface area contributed by atoms with Crippen molar-refractivity contribution in [1.29, 1.82) is 0 Å². The van der Waals surface area contributed by atoms with E-state index in [1.165, 1.54) is 12.3 Å². The quantitative estimate of drug-likeness (QED) is 0.394. The lowest BCUT2D eigenvalue weighted by Gasteiger charge is -2.31. The number of aliphatic imine (C=N–C) groups is 1. The molecule has 1 saturated heterocycles. The van der Waals surface area contributed by atoms with E-state index in [1.54, 1.807) is 0 Å². The van der Waals surface area contributed by atoms with Crippen molar-refractivity contribution in [1.82, 2.24) is 14.8 Å². The Kier molecular flexibility index (Phi) is 5.75. The Bertz CT molecular complexity index is 587. The first kappa shape index (κ1) is 16.7. The van der Waals surface area contributed by atoms with Crippen LogP contribution in [0, 0.1) is 0 Å². The van der Waals surface area contributed by atoms with Crippen molar-refractivity contribution in [3.05, 3.63) is 18.0 Å². The van der Waals surface area contributed by atoms with Crippen LogP contribution in [0.4, 0.5) is 0 Å². The van der Waals surface area contributed by atoms with E-state index >= 15 is 0 Å². The Labute approximate surface area is 129 Å². The molecule has 3 N–H and O–H groups in total. The summed E-state index contributed by atoms with van der Waals surface area (Å²) in [7, 11) is -3.45. The second kappa shape index (κ2) is 7.56. The van der Waals surface area contributed by atoms with Gasteiger partial charge in [-0.1, -0.05) is 5.16 Å². The third kappa shape index (κ3) is 5.28. The van der Waals surface area contributed by atoms with Crippen molar-refractivity contribution < 1.29 is 17.7 Å². The molecule has 2 rings (SSSR count). The van der Waals surface area contributed by atoms with Crippen LogP contribution in [0.5, 0.6) is 0 Å². The summed E-state index contributed by atoms with van der Waals surface area (Å²) >= 11 is 0. The van der Waals surface area contributed by atoms with Crippen molar-refractivity contribution in [3.63, 3.8) is 0 Å². The van der Waals surface area contributed by atoms with Crippen LogP contribution in [-0.4, -0.2) is 63.3 Å². The van der Waals surface area contributed by atoms with E-state index < -0.39 is 10.0 Å². The number of rotatable bonds is 6. The smallest absolute Gasteiger partial charge is 0.217 e. The number of hydrogen-bond donors (Lipinski definition) is 2. The highest BCUT2D eigenvalue weighted by Crippen LogP contribution is 2.03. The molecule has 1 aliphatic rings. The number of hydrogen-bond acceptors (Lipinski definition) is 6. The summed E-state index contributed by atoms with van der Waals surface area (Å²) in [5.74, 6) is 0.190. The van der Waals surface area contributed by atoms with Gasteiger partial charge in [0.25, 0.3) is 0 Å². The molecule has 0 bridgehead atoms. The first-order valence-corrected chi connectivity index (χ1v) is 8.64. The topological polar surface area (TPSA) is 123 Å². The van der Waals surface area contributed by atoms with Crippen LogP contribution >= 0.6 is 0 Å². The molecule has 0 aromatic carbocycles. The van der Waals surface area contributed by atoms with E-state index in [1.807, 2.05) is 11.8 Å². The van der Waals surface area contributed by atoms with Gasteiger partial charge >= 0.3 is 0 Å². The summed E-state index contributed by atoms with van der Waals surface area (Å²) in [6, 6.07) is 1.51. The highest BCUT2D eigenvalue weighted by Gasteiger charge is 2.18. The zero-order valence-corrected chi connectivity index (χ0v) is 13.3. The second-order valence-electron chi connectivity index (χ2n) is 5.01. The van der Waals surface area contributed by atoms with Gasteiger partial charge in [0.05, 0.1) is 24.9 Å². The van der Waals surface area contributed by atoms with Crippen LogP contribution in [0.15, 0.2) is 21.8 Å². The summed E-state index contributed by atoms with van der Waals surface area (Å²) in [4.78, 5) is 6.11. The summed E-state index contributed by atoms with van der Waals surface area (Å²) in [6.45, 7) is 4.42. The minimum Gasteiger partial charge on any atom is -0.375 e. The van der Waals surface area contributed by atoms with Gasteiger partial charge in [0.15, 0.2) is 5.96 Å². The molecule has 1 aromatic rings. The van der Waals surface area contributed by atoms with E-state index in [4.69, 9.17) is 10.5 Å². The molecule has 1 aliphatic heterocycles. The summed E-state index contributed by atoms with van der Waals surface area (Å²) in [6.07, 6.45) is 1.45. The Morgan fingerprint density at radius 2 is 2.45 bits per heavy atom. The molecule has 0 amide bonds. The maximum absolute atomic E-state index is 11.8. The minimum atomic E-state index is -3.45. The van der Waals surface area contributed by atoms with Gasteiger partial charge < -0.3 is 19.9 Å². The normalized spacial score (nSPS) is 20.3. The predicted molar refractivity (Wildman–Crippen MR) is 80.6 cm³/mol. The fourth-order valence-electron chi connectivity index (χ4n) is 2.06. The van der Waals surface area contributed by atoms with Gasteiger partial charge in [-0.2, -0.15) is 0 Å². The number of ether oxygens (including phenoxy) is 1. The molecule has 22 heavy (non-hydrogen) atoms. The molecule has 2 heterocycles. The number of nitrogens with two attached hydrogens (primary N) is 1. The molecular formula is C12H21N5O4S. The molecule has 0 spiro atoms. The van der Waals surface area contributed by atoms with E-state index in [0.717, 1.165) is 0 Å². The van der Waals surface area contributed by atoms with Gasteiger partial charge in [-0.3, -0.25) is 4.99 Å². The standard InChI is InChI=1S/C12H21N5O4S/c1-10-8-17(5-7-20-10)12(13)14-3-4-15-22(18,19)9-11-2-6-21-16-11/h2,6,10,15H,3-5,7-9H2,1H3,(H2,13,14). The largest absolute Gasteiger partial charge is 0.375 e. The van der Waals surface area contributed by atoms with Crippen molar-refractivity contribution in [2.75, 3.05) is 32.8 Å². The van der Waals surface area contributed by atoms with Crippen LogP contribution in [0.3, 0.4) is 0 Å². The van der Waals surface area contributed by atoms with Crippen LogP contribution in [0.25, 0.3) is 0 Å². The molecule has 10 heteroatoms. The van der Waals surface area contributed by atoms with Crippen LogP contribution in [0.2, 0.25) is 0 Å². The number of nitrogens with zero attached hydrogens (tertiary/aromatic N) is 3. The van der Waals surface area contributed by atoms with Crippen LogP contribution in [-0.2, 0) is 20.5 Å². The van der Waals surface area contributed by atoms with E-state index in [2.05, 4.69) is 19.4 Å². The van der Waals surface area contributed by atoms with E-state index in [-0.39, 0.29) is 24.9 Å². The molecule has 1 fully saturated rings. The van der Waals surface area contributed by atoms with Crippen molar-refractivity contribution in [3.8, 4) is 0 Å². The molecule has 124 valence electrons. The number of aromatic nitrogens is 1. The first-order valence-electron chi connectivity index (χ1n) is 6.99. The SMILES string of the molecule is CC1CN(C(N)=NCCNS(=O)(=O)Cc2ccon2)CCO1. The molecule has 0 aliphatic carbocycles. The number of nitrogens with one attached hydrogen (secondary N) is 1. The fraction of sp³-hybridized carbons (Fsp3) is 0.667. The maximum Gasteiger partial charge on any atom is 0.217 e. The molecule has 9 nitrogen and oxygen atoms in total. The van der Waals surface area contributed by atoms with Crippen LogP contribution in [0.1, 0.15) is 12.6 Å². The summed E-state index contributed by atoms with van der Waals surface area (Å²) in [5, 5.41) is 3.57. The average Bonchev–Trinajstić information content (AvgIpc) is 2.95. The predicted octanol–water partition coefficient (Wildman–Crippen LogP) is -0.871. The van der Waals surface area contributed by atoms with Gasteiger partial charge in [-0.25, -0.2) is 13.1 Å². The van der Waals surface area contributed by atoms with Gasteiger partial charge in [0.1, 0.15) is 12.0 Å². The molecule has 0 saturated carbocycles. The lowest BCUT2D eigenvalue weighted by atomic mass is 10.3. The maximum atomic E-state index is 11.8. The molecular weight excluding hydrogens is 310 g/mol. The zero-order valence-electron chi connectivity index (χ0n) is 12.4. The average molecular weight is 331 g/mol. The van der Waals surface area contributed by atoms with Gasteiger partial charge in [0, 0.05) is 25.7 Å². The highest BCUT2D eigenvalue weighted by atomic mass is 32.2. The summed E-state index contributed by atoms with van der Waals surface area (Å²) in [5.41, 5.74) is 6.25. The van der Waals surface area contributed by atoms with Gasteiger partial charge in [-0.05, 0) is 6.92 Å². The van der Waals surface area contributed by atoms with Gasteiger partial charge in [0.2, 0.25) is 10.0 Å². The second-order valence-corrected chi connectivity index (χ2v) is 6.82. The monoisotopic (exact) mass is 331 g/mol. The molecule has 1 unspecified atom stereocenters. The minimum absolute atomic E-state index is 0.114.